The Bertz CT molecular complexity index is 1190. The molecule has 2 N–H and O–H groups in total. The number of benzene rings is 1. The van der Waals surface area contributed by atoms with Crippen LogP contribution >= 0.6 is 0 Å². The predicted octanol–water partition coefficient (Wildman–Crippen LogP) is 4.09. The van der Waals surface area contributed by atoms with Gasteiger partial charge in [-0.15, -0.1) is 0 Å². The van der Waals surface area contributed by atoms with Gasteiger partial charge in [0.05, 0.1) is 38.9 Å². The van der Waals surface area contributed by atoms with Crippen molar-refractivity contribution in [2.45, 2.75) is 52.3 Å². The Morgan fingerprint density at radius 1 is 1.06 bits per heavy atom. The molecule has 0 fully saturated rings. The van der Waals surface area contributed by atoms with E-state index in [1.165, 1.54) is 0 Å². The zero-order valence-electron chi connectivity index (χ0n) is 21.0. The van der Waals surface area contributed by atoms with Crippen LogP contribution in [0.25, 0.3) is 10.8 Å². The number of fused-ring (bicyclic) bond motifs is 1. The maximum atomic E-state index is 12.9. The van der Waals surface area contributed by atoms with Gasteiger partial charge in [0.1, 0.15) is 5.60 Å². The molecule has 0 spiro atoms. The molecular formula is C26H32N4O5. The molecule has 186 valence electrons. The van der Waals surface area contributed by atoms with Gasteiger partial charge in [-0.1, -0.05) is 6.07 Å². The van der Waals surface area contributed by atoms with Gasteiger partial charge >= 0.3 is 6.09 Å². The summed E-state index contributed by atoms with van der Waals surface area (Å²) in [4.78, 5) is 33.7. The van der Waals surface area contributed by atoms with Crippen LogP contribution in [0, 0.1) is 0 Å². The second-order valence-electron chi connectivity index (χ2n) is 9.09. The van der Waals surface area contributed by atoms with E-state index in [9.17, 15) is 9.59 Å². The Hall–Kier alpha value is -3.88. The van der Waals surface area contributed by atoms with Crippen molar-refractivity contribution in [3.8, 4) is 11.5 Å². The van der Waals surface area contributed by atoms with Gasteiger partial charge in [-0.3, -0.25) is 14.8 Å². The molecule has 9 nitrogen and oxygen atoms in total. The van der Waals surface area contributed by atoms with Gasteiger partial charge in [0.2, 0.25) is 5.91 Å². The smallest absolute Gasteiger partial charge is 0.407 e. The Morgan fingerprint density at radius 2 is 1.74 bits per heavy atom. The van der Waals surface area contributed by atoms with Crippen LogP contribution in [0.15, 0.2) is 42.9 Å². The number of ether oxygens (including phenoxy) is 3. The van der Waals surface area contributed by atoms with Crippen molar-refractivity contribution in [2.75, 3.05) is 14.2 Å². The SMILES string of the molecule is COc1cc2c(CC(=O)NC(C)c3cccnc3)cnc(CNC(=O)OC(C)(C)C)c2cc1OC. The van der Waals surface area contributed by atoms with Crippen LogP contribution in [0.3, 0.4) is 0 Å². The van der Waals surface area contributed by atoms with Gasteiger partial charge < -0.3 is 24.8 Å². The van der Waals surface area contributed by atoms with E-state index in [1.807, 2.05) is 25.1 Å². The third-order valence-electron chi connectivity index (χ3n) is 5.27. The lowest BCUT2D eigenvalue weighted by atomic mass is 10.0. The molecule has 0 saturated heterocycles. The highest BCUT2D eigenvalue weighted by Gasteiger charge is 2.19. The molecule has 9 heteroatoms. The molecule has 0 saturated carbocycles. The highest BCUT2D eigenvalue weighted by Crippen LogP contribution is 2.35. The normalized spacial score (nSPS) is 12.1. The van der Waals surface area contributed by atoms with Crippen molar-refractivity contribution in [1.82, 2.24) is 20.6 Å². The number of carbonyl (C=O) groups excluding carboxylic acids is 2. The zero-order valence-corrected chi connectivity index (χ0v) is 21.0. The molecule has 0 bridgehead atoms. The molecule has 2 amide bonds. The van der Waals surface area contributed by atoms with Crippen LogP contribution in [-0.2, 0) is 22.5 Å². The fraction of sp³-hybridized carbons (Fsp3) is 0.385. The Morgan fingerprint density at radius 3 is 2.34 bits per heavy atom. The minimum atomic E-state index is -0.611. The number of nitrogens with one attached hydrogen (secondary N) is 2. The number of rotatable bonds is 8. The number of aromatic nitrogens is 2. The lowest BCUT2D eigenvalue weighted by Gasteiger charge is -2.20. The molecule has 3 rings (SSSR count). The van der Waals surface area contributed by atoms with Crippen molar-refractivity contribution in [2.24, 2.45) is 0 Å². The van der Waals surface area contributed by atoms with Crippen molar-refractivity contribution < 1.29 is 23.8 Å². The topological polar surface area (TPSA) is 112 Å². The van der Waals surface area contributed by atoms with Gasteiger partial charge in [0, 0.05) is 24.0 Å². The van der Waals surface area contributed by atoms with Crippen LogP contribution in [0.5, 0.6) is 11.5 Å². The van der Waals surface area contributed by atoms with Crippen molar-refractivity contribution >= 4 is 22.8 Å². The summed E-state index contributed by atoms with van der Waals surface area (Å²) < 4.78 is 16.3. The van der Waals surface area contributed by atoms with Crippen LogP contribution < -0.4 is 20.1 Å². The summed E-state index contributed by atoms with van der Waals surface area (Å²) in [6.45, 7) is 7.45. The minimum Gasteiger partial charge on any atom is -0.493 e. The molecule has 35 heavy (non-hydrogen) atoms. The Kier molecular flexibility index (Phi) is 8.11. The van der Waals surface area contributed by atoms with Gasteiger partial charge in [-0.05, 0) is 62.4 Å². The van der Waals surface area contributed by atoms with Crippen LogP contribution in [0.4, 0.5) is 4.79 Å². The van der Waals surface area contributed by atoms with Gasteiger partial charge in [0.25, 0.3) is 0 Å². The number of pyridine rings is 2. The molecular weight excluding hydrogens is 448 g/mol. The molecule has 1 unspecified atom stereocenters. The fourth-order valence-corrected chi connectivity index (χ4v) is 3.61. The monoisotopic (exact) mass is 480 g/mol. The van der Waals surface area contributed by atoms with Crippen LogP contribution in [0.1, 0.15) is 50.6 Å². The molecule has 0 radical (unpaired) electrons. The highest BCUT2D eigenvalue weighted by molar-refractivity contribution is 5.93. The first-order valence-corrected chi connectivity index (χ1v) is 11.3. The fourth-order valence-electron chi connectivity index (χ4n) is 3.61. The molecule has 2 heterocycles. The summed E-state index contributed by atoms with van der Waals surface area (Å²) in [5, 5.41) is 7.26. The van der Waals surface area contributed by atoms with E-state index in [0.29, 0.717) is 17.2 Å². The predicted molar refractivity (Wildman–Crippen MR) is 132 cm³/mol. The summed E-state index contributed by atoms with van der Waals surface area (Å²) in [5.41, 5.74) is 1.64. The van der Waals surface area contributed by atoms with E-state index in [4.69, 9.17) is 14.2 Å². The molecule has 0 aliphatic rings. The number of alkyl carbamates (subject to hydrolysis) is 1. The van der Waals surface area contributed by atoms with Crippen LogP contribution in [0.2, 0.25) is 0 Å². The first-order valence-electron chi connectivity index (χ1n) is 11.3. The number of hydrogen-bond acceptors (Lipinski definition) is 7. The third kappa shape index (κ3) is 6.81. The number of hydrogen-bond donors (Lipinski definition) is 2. The summed E-state index contributed by atoms with van der Waals surface area (Å²) in [6.07, 6.45) is 4.64. The third-order valence-corrected chi connectivity index (χ3v) is 5.27. The first-order chi connectivity index (χ1) is 16.6. The molecule has 1 aromatic carbocycles. The second-order valence-corrected chi connectivity index (χ2v) is 9.09. The Labute approximate surface area is 205 Å². The second kappa shape index (κ2) is 11.0. The zero-order chi connectivity index (χ0) is 25.6. The first kappa shape index (κ1) is 25.7. The van der Waals surface area contributed by atoms with E-state index < -0.39 is 11.7 Å². The standard InChI is InChI=1S/C26H32N4O5/c1-16(17-8-7-9-27-13-17)30-24(31)10-18-14-28-21(15-29-25(32)35-26(2,3)4)20-12-23(34-6)22(33-5)11-19(18)20/h7-9,11-14,16H,10,15H2,1-6H3,(H,29,32)(H,30,31). The van der Waals surface area contributed by atoms with Gasteiger partial charge in [0.15, 0.2) is 11.5 Å². The largest absolute Gasteiger partial charge is 0.493 e. The van der Waals surface area contributed by atoms with E-state index >= 15 is 0 Å². The molecule has 3 aromatic rings. The van der Waals surface area contributed by atoms with E-state index in [2.05, 4.69) is 20.6 Å². The number of methoxy groups -OCH3 is 2. The van der Waals surface area contributed by atoms with Crippen molar-refractivity contribution in [1.29, 1.82) is 0 Å². The molecule has 1 atom stereocenters. The van der Waals surface area contributed by atoms with E-state index in [-0.39, 0.29) is 24.9 Å². The Balaban J connectivity index is 1.88. The minimum absolute atomic E-state index is 0.114. The number of nitrogens with zero attached hydrogens (tertiary/aromatic N) is 2. The highest BCUT2D eigenvalue weighted by atomic mass is 16.6. The maximum Gasteiger partial charge on any atom is 0.407 e. The number of amides is 2. The summed E-state index contributed by atoms with van der Waals surface area (Å²) >= 11 is 0. The summed E-state index contributed by atoms with van der Waals surface area (Å²) in [6, 6.07) is 7.17. The maximum absolute atomic E-state index is 12.9. The van der Waals surface area contributed by atoms with Gasteiger partial charge in [-0.25, -0.2) is 4.79 Å². The molecule has 0 aliphatic carbocycles. The van der Waals surface area contributed by atoms with E-state index in [0.717, 1.165) is 21.9 Å². The molecule has 2 aromatic heterocycles. The van der Waals surface area contributed by atoms with Gasteiger partial charge in [-0.2, -0.15) is 0 Å². The quantitative estimate of drug-likeness (QED) is 0.499. The lowest BCUT2D eigenvalue weighted by Crippen LogP contribution is -2.32. The number of carbonyl (C=O) groups is 2. The van der Waals surface area contributed by atoms with Crippen molar-refractivity contribution in [3.63, 3.8) is 0 Å². The summed E-state index contributed by atoms with van der Waals surface area (Å²) in [5.74, 6) is 0.897. The lowest BCUT2D eigenvalue weighted by molar-refractivity contribution is -0.121. The average Bonchev–Trinajstić information content (AvgIpc) is 2.82. The molecule has 0 aliphatic heterocycles. The summed E-state index contributed by atoms with van der Waals surface area (Å²) in [7, 11) is 3.10. The van der Waals surface area contributed by atoms with Crippen molar-refractivity contribution in [3.05, 3.63) is 59.7 Å². The van der Waals surface area contributed by atoms with E-state index in [1.54, 1.807) is 59.6 Å². The average molecular weight is 481 g/mol. The van der Waals surface area contributed by atoms with Crippen LogP contribution in [-0.4, -0.2) is 41.8 Å².